The molecule has 1 saturated carbocycles. The molecule has 7 heteroatoms. The van der Waals surface area contributed by atoms with Crippen LogP contribution >= 0.6 is 0 Å². The van der Waals surface area contributed by atoms with Crippen LogP contribution in [0.1, 0.15) is 38.5 Å². The van der Waals surface area contributed by atoms with Crippen molar-refractivity contribution in [2.45, 2.75) is 49.2 Å². The van der Waals surface area contributed by atoms with E-state index in [1.807, 2.05) is 0 Å². The molecule has 2 rings (SSSR count). The first-order valence-electron chi connectivity index (χ1n) is 6.22. The van der Waals surface area contributed by atoms with Gasteiger partial charge in [0.2, 0.25) is 0 Å². The molecule has 1 aromatic rings. The van der Waals surface area contributed by atoms with Gasteiger partial charge in [-0.25, -0.2) is 18.1 Å². The van der Waals surface area contributed by atoms with Crippen molar-refractivity contribution in [2.24, 2.45) is 0 Å². The van der Waals surface area contributed by atoms with Crippen LogP contribution in [0.4, 0.5) is 0 Å². The van der Waals surface area contributed by atoms with E-state index >= 15 is 0 Å². The summed E-state index contributed by atoms with van der Waals surface area (Å²) >= 11 is 0. The second-order valence-corrected chi connectivity index (χ2v) is 6.61. The van der Waals surface area contributed by atoms with Gasteiger partial charge in [-0.05, 0) is 12.8 Å². The molecule has 0 atom stereocenters. The molecule has 0 unspecified atom stereocenters. The number of aliphatic hydroxyl groups is 1. The summed E-state index contributed by atoms with van der Waals surface area (Å²) in [7, 11) is -3.59. The maximum Gasteiger partial charge on any atom is 0.257 e. The third-order valence-corrected chi connectivity index (χ3v) is 4.71. The van der Waals surface area contributed by atoms with Crippen molar-refractivity contribution >= 4 is 10.0 Å². The number of hydrogen-bond acceptors (Lipinski definition) is 4. The number of nitrogens with one attached hydrogen (secondary N) is 2. The van der Waals surface area contributed by atoms with E-state index in [2.05, 4.69) is 14.7 Å². The zero-order valence-corrected chi connectivity index (χ0v) is 11.0. The van der Waals surface area contributed by atoms with E-state index in [0.717, 1.165) is 25.7 Å². The monoisotopic (exact) mass is 273 g/mol. The molecule has 102 valence electrons. The molecular weight excluding hydrogens is 254 g/mol. The fourth-order valence-electron chi connectivity index (χ4n) is 2.26. The average molecular weight is 273 g/mol. The minimum atomic E-state index is -3.59. The lowest BCUT2D eigenvalue weighted by atomic mass is 9.95. The van der Waals surface area contributed by atoms with E-state index in [1.165, 1.54) is 12.5 Å². The molecule has 1 fully saturated rings. The summed E-state index contributed by atoms with van der Waals surface area (Å²) < 4.78 is 26.2. The summed E-state index contributed by atoms with van der Waals surface area (Å²) in [6, 6.07) is 0. The summed E-state index contributed by atoms with van der Waals surface area (Å²) in [6.45, 7) is 0.0638. The van der Waals surface area contributed by atoms with Gasteiger partial charge in [-0.2, -0.15) is 0 Å². The summed E-state index contributed by atoms with van der Waals surface area (Å²) in [4.78, 5) is 6.23. The van der Waals surface area contributed by atoms with Gasteiger partial charge in [0.25, 0.3) is 10.0 Å². The Balaban J connectivity index is 1.98. The summed E-state index contributed by atoms with van der Waals surface area (Å²) in [5.74, 6) is 0. The quantitative estimate of drug-likeness (QED) is 0.706. The molecule has 6 nitrogen and oxygen atoms in total. The molecule has 0 aliphatic heterocycles. The van der Waals surface area contributed by atoms with Crippen LogP contribution in [0.15, 0.2) is 17.6 Å². The Hall–Kier alpha value is -0.920. The average Bonchev–Trinajstić information content (AvgIpc) is 2.79. The van der Waals surface area contributed by atoms with Gasteiger partial charge in [0.1, 0.15) is 0 Å². The topological polar surface area (TPSA) is 95.1 Å². The Morgan fingerprint density at radius 3 is 2.56 bits per heavy atom. The molecule has 0 bridgehead atoms. The number of aromatic nitrogens is 2. The lowest BCUT2D eigenvalue weighted by Gasteiger charge is -2.26. The number of rotatable bonds is 4. The number of H-pyrrole nitrogens is 1. The van der Waals surface area contributed by atoms with Gasteiger partial charge in [0.05, 0.1) is 18.1 Å². The van der Waals surface area contributed by atoms with Crippen molar-refractivity contribution in [3.8, 4) is 0 Å². The van der Waals surface area contributed by atoms with Crippen molar-refractivity contribution in [3.63, 3.8) is 0 Å². The third-order valence-electron chi connectivity index (χ3n) is 3.39. The van der Waals surface area contributed by atoms with Crippen LogP contribution in [-0.2, 0) is 10.0 Å². The van der Waals surface area contributed by atoms with Gasteiger partial charge in [0, 0.05) is 6.54 Å². The molecule has 0 aromatic carbocycles. The largest absolute Gasteiger partial charge is 0.389 e. The highest BCUT2D eigenvalue weighted by Gasteiger charge is 2.30. The maximum absolute atomic E-state index is 11.9. The zero-order chi connectivity index (χ0) is 13.1. The molecular formula is C11H19N3O3S. The normalized spacial score (nSPS) is 20.5. The van der Waals surface area contributed by atoms with Crippen LogP contribution in [-0.4, -0.2) is 35.6 Å². The van der Waals surface area contributed by atoms with Crippen molar-refractivity contribution < 1.29 is 13.5 Å². The van der Waals surface area contributed by atoms with Crippen LogP contribution in [0.2, 0.25) is 0 Å². The Kier molecular flexibility index (Phi) is 4.04. The predicted octanol–water partition coefficient (Wildman–Crippen LogP) is 0.773. The molecule has 0 spiro atoms. The van der Waals surface area contributed by atoms with Crippen molar-refractivity contribution in [1.82, 2.24) is 14.7 Å². The minimum absolute atomic E-state index is 0.0275. The van der Waals surface area contributed by atoms with Gasteiger partial charge in [-0.15, -0.1) is 0 Å². The predicted molar refractivity (Wildman–Crippen MR) is 66.4 cm³/mol. The third kappa shape index (κ3) is 3.30. The smallest absolute Gasteiger partial charge is 0.257 e. The lowest BCUT2D eigenvalue weighted by molar-refractivity contribution is 0.0303. The Bertz CT molecular complexity index is 462. The molecule has 18 heavy (non-hydrogen) atoms. The van der Waals surface area contributed by atoms with Crippen LogP contribution in [0.3, 0.4) is 0 Å². The number of hydrogen-bond donors (Lipinski definition) is 3. The first kappa shape index (κ1) is 13.5. The Morgan fingerprint density at radius 2 is 2.00 bits per heavy atom. The van der Waals surface area contributed by atoms with E-state index in [4.69, 9.17) is 0 Å². The van der Waals surface area contributed by atoms with Crippen LogP contribution in [0.25, 0.3) is 0 Å². The van der Waals surface area contributed by atoms with E-state index < -0.39 is 15.6 Å². The van der Waals surface area contributed by atoms with Gasteiger partial charge >= 0.3 is 0 Å². The summed E-state index contributed by atoms with van der Waals surface area (Å²) in [5, 5.41) is 10.4. The van der Waals surface area contributed by atoms with E-state index in [-0.39, 0.29) is 11.6 Å². The van der Waals surface area contributed by atoms with Crippen LogP contribution in [0.5, 0.6) is 0 Å². The number of nitrogens with zero attached hydrogens (tertiary/aromatic N) is 1. The maximum atomic E-state index is 11.9. The molecule has 1 aliphatic rings. The first-order valence-corrected chi connectivity index (χ1v) is 7.71. The summed E-state index contributed by atoms with van der Waals surface area (Å²) in [6.07, 6.45) is 7.97. The number of aromatic amines is 1. The summed E-state index contributed by atoms with van der Waals surface area (Å²) in [5.41, 5.74) is -0.913. The standard InChI is InChI=1S/C11H19N3O3S/c15-11(5-3-1-2-4-6-11)8-14-18(16,17)10-7-12-9-13-10/h7,9,14-15H,1-6,8H2,(H,12,13). The van der Waals surface area contributed by atoms with Crippen molar-refractivity contribution in [3.05, 3.63) is 12.5 Å². The molecule has 1 heterocycles. The molecule has 3 N–H and O–H groups in total. The molecule has 0 saturated heterocycles. The lowest BCUT2D eigenvalue weighted by Crippen LogP contribution is -2.42. The fourth-order valence-corrected chi connectivity index (χ4v) is 3.28. The minimum Gasteiger partial charge on any atom is -0.389 e. The van der Waals surface area contributed by atoms with E-state index in [9.17, 15) is 13.5 Å². The highest BCUT2D eigenvalue weighted by molar-refractivity contribution is 7.89. The fraction of sp³-hybridized carbons (Fsp3) is 0.727. The van der Waals surface area contributed by atoms with E-state index in [1.54, 1.807) is 0 Å². The Labute approximate surface area is 107 Å². The SMILES string of the molecule is O=S(=O)(NCC1(O)CCCCCC1)c1cnc[nH]1. The molecule has 0 amide bonds. The molecule has 1 aliphatic carbocycles. The van der Waals surface area contributed by atoms with Gasteiger partial charge in [-0.1, -0.05) is 25.7 Å². The molecule has 1 aromatic heterocycles. The van der Waals surface area contributed by atoms with Gasteiger partial charge in [0.15, 0.2) is 5.03 Å². The molecule has 0 radical (unpaired) electrons. The highest BCUT2D eigenvalue weighted by Crippen LogP contribution is 2.26. The Morgan fingerprint density at radius 1 is 1.33 bits per heavy atom. The van der Waals surface area contributed by atoms with E-state index in [0.29, 0.717) is 12.8 Å². The van der Waals surface area contributed by atoms with Gasteiger partial charge < -0.3 is 10.1 Å². The zero-order valence-electron chi connectivity index (χ0n) is 10.2. The number of imidazole rings is 1. The van der Waals surface area contributed by atoms with Crippen molar-refractivity contribution in [1.29, 1.82) is 0 Å². The van der Waals surface area contributed by atoms with Crippen molar-refractivity contribution in [2.75, 3.05) is 6.54 Å². The van der Waals surface area contributed by atoms with Crippen LogP contribution < -0.4 is 4.72 Å². The van der Waals surface area contributed by atoms with Gasteiger partial charge in [-0.3, -0.25) is 0 Å². The second-order valence-electron chi connectivity index (χ2n) is 4.88. The highest BCUT2D eigenvalue weighted by atomic mass is 32.2. The first-order chi connectivity index (χ1) is 8.52. The second kappa shape index (κ2) is 5.38. The van der Waals surface area contributed by atoms with Crippen LogP contribution in [0, 0.1) is 0 Å². The number of sulfonamides is 1.